The summed E-state index contributed by atoms with van der Waals surface area (Å²) in [5, 5.41) is 10.8. The normalized spacial score (nSPS) is 14.3. The van der Waals surface area contributed by atoms with Gasteiger partial charge in [-0.3, -0.25) is 19.2 Å². The fraction of sp³-hybridized carbons (Fsp3) is 0.231. The molecule has 1 unspecified atom stereocenters. The minimum Gasteiger partial charge on any atom is -0.481 e. The molecule has 0 fully saturated rings. The standard InChI is InChI=1S/C26H23FN2O5/c27-15-23(31)22(14-24(32)33)29(16-30)25(20-10-5-8-17-6-1-3-9-19(17)20)26(34)28-13-12-18-7-2-4-11-21(18)28/h1-11,16,22,25H,12-15H2,(H,32,33)/t22?,25-/m0/s1. The second-order valence-electron chi connectivity index (χ2n) is 8.11. The minimum absolute atomic E-state index is 0.271. The molecule has 0 saturated carbocycles. The van der Waals surface area contributed by atoms with E-state index >= 15 is 0 Å². The molecule has 7 nitrogen and oxygen atoms in total. The molecule has 2 amide bonds. The van der Waals surface area contributed by atoms with Gasteiger partial charge in [-0.15, -0.1) is 0 Å². The Kier molecular flexibility index (Phi) is 6.67. The molecule has 1 aliphatic rings. The van der Waals surface area contributed by atoms with E-state index in [-0.39, 0.29) is 6.41 Å². The Hall–Kier alpha value is -4.07. The third-order valence-corrected chi connectivity index (χ3v) is 6.16. The van der Waals surface area contributed by atoms with Crippen LogP contribution in [0.4, 0.5) is 10.1 Å². The molecule has 3 aromatic rings. The number of carbonyl (C=O) groups is 4. The molecule has 1 N–H and O–H groups in total. The summed E-state index contributed by atoms with van der Waals surface area (Å²) in [5.41, 5.74) is 2.09. The average Bonchev–Trinajstić information content (AvgIpc) is 3.29. The van der Waals surface area contributed by atoms with Gasteiger partial charge in [0.25, 0.3) is 5.91 Å². The van der Waals surface area contributed by atoms with Gasteiger partial charge in [-0.1, -0.05) is 60.7 Å². The summed E-state index contributed by atoms with van der Waals surface area (Å²) >= 11 is 0. The largest absolute Gasteiger partial charge is 0.481 e. The number of carboxylic acid groups (broad SMARTS) is 1. The van der Waals surface area contributed by atoms with E-state index in [1.165, 1.54) is 4.90 Å². The highest BCUT2D eigenvalue weighted by atomic mass is 19.1. The Balaban J connectivity index is 1.89. The number of amides is 2. The fourth-order valence-corrected chi connectivity index (χ4v) is 4.58. The SMILES string of the molecule is O=CN(C(CC(=O)O)C(=O)CF)[C@H](C(=O)N1CCc2ccccc21)c1cccc2ccccc12. The lowest BCUT2D eigenvalue weighted by Gasteiger charge is -2.35. The van der Waals surface area contributed by atoms with Crippen molar-refractivity contribution in [3.8, 4) is 0 Å². The first-order valence-corrected chi connectivity index (χ1v) is 10.9. The van der Waals surface area contributed by atoms with Gasteiger partial charge in [-0.05, 0) is 34.4 Å². The molecule has 34 heavy (non-hydrogen) atoms. The number of nitrogens with zero attached hydrogens (tertiary/aromatic N) is 2. The van der Waals surface area contributed by atoms with E-state index in [0.717, 1.165) is 15.8 Å². The van der Waals surface area contributed by atoms with Gasteiger partial charge >= 0.3 is 5.97 Å². The molecule has 0 spiro atoms. The molecular formula is C26H23FN2O5. The van der Waals surface area contributed by atoms with Crippen molar-refractivity contribution in [2.75, 3.05) is 18.1 Å². The van der Waals surface area contributed by atoms with Gasteiger partial charge in [0.2, 0.25) is 6.41 Å². The van der Waals surface area contributed by atoms with Crippen molar-refractivity contribution >= 4 is 40.5 Å². The Labute approximate surface area is 195 Å². The molecule has 1 aliphatic heterocycles. The fourth-order valence-electron chi connectivity index (χ4n) is 4.58. The van der Waals surface area contributed by atoms with Gasteiger partial charge < -0.3 is 14.9 Å². The van der Waals surface area contributed by atoms with Crippen molar-refractivity contribution in [1.82, 2.24) is 4.90 Å². The molecule has 2 atom stereocenters. The van der Waals surface area contributed by atoms with Crippen LogP contribution in [0, 0.1) is 0 Å². The zero-order valence-corrected chi connectivity index (χ0v) is 18.3. The minimum atomic E-state index is -1.63. The lowest BCUT2D eigenvalue weighted by atomic mass is 9.94. The zero-order chi connectivity index (χ0) is 24.2. The van der Waals surface area contributed by atoms with E-state index in [9.17, 15) is 28.7 Å². The van der Waals surface area contributed by atoms with Crippen LogP contribution in [0.2, 0.25) is 0 Å². The molecule has 3 aromatic carbocycles. The summed E-state index contributed by atoms with van der Waals surface area (Å²) in [7, 11) is 0. The van der Waals surface area contributed by atoms with Gasteiger partial charge in [0.1, 0.15) is 18.8 Å². The van der Waals surface area contributed by atoms with Gasteiger partial charge in [-0.2, -0.15) is 0 Å². The number of hydrogen-bond acceptors (Lipinski definition) is 4. The second-order valence-corrected chi connectivity index (χ2v) is 8.11. The molecule has 0 saturated heterocycles. The smallest absolute Gasteiger partial charge is 0.305 e. The summed E-state index contributed by atoms with van der Waals surface area (Å²) in [6.45, 7) is -1.09. The highest BCUT2D eigenvalue weighted by molar-refractivity contribution is 6.04. The van der Waals surface area contributed by atoms with Crippen LogP contribution >= 0.6 is 0 Å². The number of Topliss-reactive ketones (excluding diaryl/α,β-unsaturated/α-hetero) is 1. The van der Waals surface area contributed by atoms with Crippen molar-refractivity contribution in [2.24, 2.45) is 0 Å². The lowest BCUT2D eigenvalue weighted by molar-refractivity contribution is -0.146. The van der Waals surface area contributed by atoms with Crippen LogP contribution in [0.3, 0.4) is 0 Å². The van der Waals surface area contributed by atoms with Gasteiger partial charge in [0.15, 0.2) is 5.78 Å². The molecular weight excluding hydrogens is 439 g/mol. The van der Waals surface area contributed by atoms with Crippen molar-refractivity contribution in [3.05, 3.63) is 77.9 Å². The Morgan fingerprint density at radius 1 is 1.03 bits per heavy atom. The summed E-state index contributed by atoms with van der Waals surface area (Å²) in [6, 6.07) is 16.9. The Bertz CT molecular complexity index is 1260. The number of fused-ring (bicyclic) bond motifs is 2. The summed E-state index contributed by atoms with van der Waals surface area (Å²) < 4.78 is 13.4. The number of ketones is 1. The maximum absolute atomic E-state index is 14.0. The van der Waals surface area contributed by atoms with E-state index in [1.54, 1.807) is 36.4 Å². The van der Waals surface area contributed by atoms with Crippen LogP contribution in [0.25, 0.3) is 10.8 Å². The number of rotatable bonds is 9. The van der Waals surface area contributed by atoms with Gasteiger partial charge in [0.05, 0.1) is 6.42 Å². The van der Waals surface area contributed by atoms with Crippen LogP contribution < -0.4 is 4.90 Å². The van der Waals surface area contributed by atoms with Crippen LogP contribution in [0.5, 0.6) is 0 Å². The van der Waals surface area contributed by atoms with Crippen molar-refractivity contribution in [3.63, 3.8) is 0 Å². The third-order valence-electron chi connectivity index (χ3n) is 6.16. The number of hydrogen-bond donors (Lipinski definition) is 1. The molecule has 0 radical (unpaired) electrons. The molecule has 174 valence electrons. The Morgan fingerprint density at radius 3 is 2.47 bits per heavy atom. The number of anilines is 1. The second kappa shape index (κ2) is 9.82. The number of aliphatic carboxylic acids is 1. The quantitative estimate of drug-likeness (QED) is 0.493. The van der Waals surface area contributed by atoms with Crippen LogP contribution in [0.1, 0.15) is 23.6 Å². The number of para-hydroxylation sites is 1. The third kappa shape index (κ3) is 4.26. The number of carbonyl (C=O) groups excluding carboxylic acids is 3. The first kappa shape index (κ1) is 23.1. The molecule has 1 heterocycles. The van der Waals surface area contributed by atoms with E-state index in [1.807, 2.05) is 30.3 Å². The first-order chi connectivity index (χ1) is 16.5. The van der Waals surface area contributed by atoms with Crippen LogP contribution in [-0.2, 0) is 25.6 Å². The number of alkyl halides is 1. The lowest BCUT2D eigenvalue weighted by Crippen LogP contribution is -2.50. The van der Waals surface area contributed by atoms with E-state index in [0.29, 0.717) is 29.6 Å². The molecule has 8 heteroatoms. The van der Waals surface area contributed by atoms with Crippen LogP contribution in [0.15, 0.2) is 66.7 Å². The topological polar surface area (TPSA) is 95.0 Å². The highest BCUT2D eigenvalue weighted by Gasteiger charge is 2.40. The summed E-state index contributed by atoms with van der Waals surface area (Å²) in [5.74, 6) is -2.95. The predicted octanol–water partition coefficient (Wildman–Crippen LogP) is 3.31. The molecule has 0 bridgehead atoms. The monoisotopic (exact) mass is 462 g/mol. The van der Waals surface area contributed by atoms with Gasteiger partial charge in [-0.25, -0.2) is 4.39 Å². The number of halogens is 1. The maximum atomic E-state index is 14.0. The predicted molar refractivity (Wildman–Crippen MR) is 124 cm³/mol. The number of benzene rings is 3. The molecule has 0 aliphatic carbocycles. The van der Waals surface area contributed by atoms with E-state index in [2.05, 4.69) is 0 Å². The number of carboxylic acids is 1. The average molecular weight is 462 g/mol. The first-order valence-electron chi connectivity index (χ1n) is 10.9. The maximum Gasteiger partial charge on any atom is 0.305 e. The molecule has 4 rings (SSSR count). The van der Waals surface area contributed by atoms with Gasteiger partial charge in [0, 0.05) is 12.2 Å². The van der Waals surface area contributed by atoms with Crippen LogP contribution in [-0.4, -0.2) is 53.3 Å². The summed E-state index contributed by atoms with van der Waals surface area (Å²) in [6.07, 6.45) is 0.0767. The zero-order valence-electron chi connectivity index (χ0n) is 18.3. The van der Waals surface area contributed by atoms with E-state index < -0.39 is 42.8 Å². The highest BCUT2D eigenvalue weighted by Crippen LogP contribution is 2.36. The van der Waals surface area contributed by atoms with Crippen molar-refractivity contribution in [1.29, 1.82) is 0 Å². The summed E-state index contributed by atoms with van der Waals surface area (Å²) in [4.78, 5) is 52.7. The molecule has 0 aromatic heterocycles. The van der Waals surface area contributed by atoms with Crippen molar-refractivity contribution < 1.29 is 28.7 Å². The Morgan fingerprint density at radius 2 is 1.74 bits per heavy atom. The van der Waals surface area contributed by atoms with Crippen molar-refractivity contribution in [2.45, 2.75) is 24.9 Å². The van der Waals surface area contributed by atoms with E-state index in [4.69, 9.17) is 0 Å².